The van der Waals surface area contributed by atoms with Gasteiger partial charge in [-0.3, -0.25) is 0 Å². The van der Waals surface area contributed by atoms with Gasteiger partial charge in [-0.15, -0.1) is 0 Å². The maximum absolute atomic E-state index is 13.0. The van der Waals surface area contributed by atoms with E-state index < -0.39 is 37.8 Å². The molecule has 0 aliphatic carbocycles. The molecule has 1 rings (SSSR count). The van der Waals surface area contributed by atoms with Crippen molar-refractivity contribution < 1.29 is 31.1 Å². The van der Waals surface area contributed by atoms with E-state index in [9.17, 15) is 26.0 Å². The summed E-state index contributed by atoms with van der Waals surface area (Å²) >= 11 is 0. The van der Waals surface area contributed by atoms with Crippen molar-refractivity contribution in [2.75, 3.05) is 11.9 Å². The number of alkyl halides is 3. The third-order valence-electron chi connectivity index (χ3n) is 2.13. The number of nitrogens with one attached hydrogen (secondary N) is 1. The van der Waals surface area contributed by atoms with Gasteiger partial charge in [-0.25, -0.2) is 12.8 Å². The first-order valence-electron chi connectivity index (χ1n) is 5.08. The minimum absolute atomic E-state index is 0.175. The van der Waals surface area contributed by atoms with Gasteiger partial charge in [0.05, 0.1) is 11.8 Å². The third kappa shape index (κ3) is 3.57. The molecule has 0 bridgehead atoms. The minimum Gasteiger partial charge on any atom is -0.392 e. The first kappa shape index (κ1) is 15.7. The van der Waals surface area contributed by atoms with Gasteiger partial charge in [0.15, 0.2) is 0 Å². The van der Waals surface area contributed by atoms with E-state index in [-0.39, 0.29) is 12.6 Å². The molecule has 0 amide bonds. The van der Waals surface area contributed by atoms with Crippen LogP contribution in [-0.2, 0) is 9.84 Å². The van der Waals surface area contributed by atoms with Crippen LogP contribution in [-0.4, -0.2) is 31.7 Å². The lowest BCUT2D eigenvalue weighted by Crippen LogP contribution is -2.25. The van der Waals surface area contributed by atoms with Crippen molar-refractivity contribution in [2.45, 2.75) is 23.4 Å². The second-order valence-electron chi connectivity index (χ2n) is 3.82. The maximum atomic E-state index is 13.0. The highest BCUT2D eigenvalue weighted by atomic mass is 32.2. The summed E-state index contributed by atoms with van der Waals surface area (Å²) in [4.78, 5) is -1.21. The summed E-state index contributed by atoms with van der Waals surface area (Å²) in [7, 11) is -5.66. The molecule has 1 atom stereocenters. The molecule has 1 unspecified atom stereocenters. The van der Waals surface area contributed by atoms with Gasteiger partial charge in [0, 0.05) is 6.54 Å². The first-order valence-corrected chi connectivity index (χ1v) is 6.57. The molecular formula is C10H11F4NO3S. The summed E-state index contributed by atoms with van der Waals surface area (Å²) in [6, 6.07) is 1.98. The minimum atomic E-state index is -5.66. The highest BCUT2D eigenvalue weighted by Gasteiger charge is 2.48. The molecule has 0 aliphatic rings. The van der Waals surface area contributed by atoms with Crippen LogP contribution in [0.1, 0.15) is 6.92 Å². The summed E-state index contributed by atoms with van der Waals surface area (Å²) in [6.45, 7) is 1.18. The van der Waals surface area contributed by atoms with E-state index in [0.29, 0.717) is 0 Å². The molecule has 4 nitrogen and oxygen atoms in total. The molecule has 0 fully saturated rings. The van der Waals surface area contributed by atoms with Crippen molar-refractivity contribution in [1.82, 2.24) is 0 Å². The highest BCUT2D eigenvalue weighted by molar-refractivity contribution is 7.92. The Hall–Kier alpha value is -1.35. The summed E-state index contributed by atoms with van der Waals surface area (Å²) < 4.78 is 72.8. The molecule has 0 aromatic heterocycles. The van der Waals surface area contributed by atoms with E-state index in [2.05, 4.69) is 5.32 Å². The number of halogens is 4. The Balaban J connectivity index is 3.29. The molecule has 2 N–H and O–H groups in total. The quantitative estimate of drug-likeness (QED) is 0.834. The van der Waals surface area contributed by atoms with E-state index in [1.165, 1.54) is 6.92 Å². The fourth-order valence-electron chi connectivity index (χ4n) is 1.25. The highest BCUT2D eigenvalue weighted by Crippen LogP contribution is 2.34. The molecule has 0 saturated heterocycles. The number of hydrogen-bond donors (Lipinski definition) is 2. The van der Waals surface area contributed by atoms with Crippen LogP contribution in [0.3, 0.4) is 0 Å². The van der Waals surface area contributed by atoms with Gasteiger partial charge in [-0.05, 0) is 25.1 Å². The zero-order valence-corrected chi connectivity index (χ0v) is 10.5. The van der Waals surface area contributed by atoms with Gasteiger partial charge in [0.1, 0.15) is 10.7 Å². The second-order valence-corrected chi connectivity index (χ2v) is 5.73. The van der Waals surface area contributed by atoms with Crippen molar-refractivity contribution in [1.29, 1.82) is 0 Å². The largest absolute Gasteiger partial charge is 0.501 e. The van der Waals surface area contributed by atoms with Crippen LogP contribution in [0.5, 0.6) is 0 Å². The molecule has 108 valence electrons. The topological polar surface area (TPSA) is 66.4 Å². The predicted molar refractivity (Wildman–Crippen MR) is 59.8 cm³/mol. The lowest BCUT2D eigenvalue weighted by atomic mass is 10.3. The van der Waals surface area contributed by atoms with Crippen molar-refractivity contribution in [3.05, 3.63) is 24.0 Å². The van der Waals surface area contributed by atoms with Crippen molar-refractivity contribution in [3.63, 3.8) is 0 Å². The SMILES string of the molecule is CC(O)CNc1ccc(F)cc1S(=O)(=O)C(F)(F)F. The smallest absolute Gasteiger partial charge is 0.392 e. The molecule has 19 heavy (non-hydrogen) atoms. The molecule has 0 aliphatic heterocycles. The first-order chi connectivity index (χ1) is 8.55. The standard InChI is InChI=1S/C10H11F4NO3S/c1-6(16)5-15-8-3-2-7(11)4-9(8)19(17,18)10(12,13)14/h2-4,6,15-16H,5H2,1H3. The summed E-state index contributed by atoms with van der Waals surface area (Å²) in [5, 5.41) is 11.3. The normalized spacial score (nSPS) is 14.2. The van der Waals surface area contributed by atoms with Gasteiger partial charge < -0.3 is 10.4 Å². The van der Waals surface area contributed by atoms with Crippen molar-refractivity contribution >= 4 is 15.5 Å². The van der Waals surface area contributed by atoms with E-state index in [1.54, 1.807) is 0 Å². The zero-order valence-electron chi connectivity index (χ0n) is 9.70. The second kappa shape index (κ2) is 5.33. The van der Waals surface area contributed by atoms with Crippen LogP contribution in [0.25, 0.3) is 0 Å². The average molecular weight is 301 g/mol. The van der Waals surface area contributed by atoms with Gasteiger partial charge in [-0.1, -0.05) is 0 Å². The average Bonchev–Trinajstić information content (AvgIpc) is 2.25. The number of anilines is 1. The lowest BCUT2D eigenvalue weighted by Gasteiger charge is -2.15. The Labute approximate surface area is 107 Å². The van der Waals surface area contributed by atoms with Crippen LogP contribution in [0.2, 0.25) is 0 Å². The molecule has 9 heteroatoms. The van der Waals surface area contributed by atoms with E-state index in [4.69, 9.17) is 5.11 Å². The lowest BCUT2D eigenvalue weighted by molar-refractivity contribution is -0.0435. The van der Waals surface area contributed by atoms with Crippen LogP contribution >= 0.6 is 0 Å². The monoisotopic (exact) mass is 301 g/mol. The van der Waals surface area contributed by atoms with Gasteiger partial charge in [-0.2, -0.15) is 13.2 Å². The molecule has 0 radical (unpaired) electrons. The molecule has 0 saturated carbocycles. The fraction of sp³-hybridized carbons (Fsp3) is 0.400. The molecule has 0 heterocycles. The number of benzene rings is 1. The van der Waals surface area contributed by atoms with Crippen LogP contribution in [0.4, 0.5) is 23.2 Å². The summed E-state index contributed by atoms with van der Waals surface area (Å²) in [5.41, 5.74) is -5.94. The number of hydrogen-bond acceptors (Lipinski definition) is 4. The van der Waals surface area contributed by atoms with E-state index in [0.717, 1.165) is 12.1 Å². The fourth-order valence-corrected chi connectivity index (χ4v) is 2.19. The molecule has 1 aromatic carbocycles. The third-order valence-corrected chi connectivity index (χ3v) is 3.65. The number of aliphatic hydroxyl groups excluding tert-OH is 1. The molecule has 0 spiro atoms. The Bertz CT molecular complexity index is 554. The Morgan fingerprint density at radius 1 is 1.37 bits per heavy atom. The van der Waals surface area contributed by atoms with Crippen LogP contribution in [0.15, 0.2) is 23.1 Å². The Kier molecular flexibility index (Phi) is 4.41. The summed E-state index contributed by atoms with van der Waals surface area (Å²) in [5.74, 6) is -1.11. The van der Waals surface area contributed by atoms with Crippen LogP contribution < -0.4 is 5.32 Å². The van der Waals surface area contributed by atoms with Gasteiger partial charge in [0.2, 0.25) is 0 Å². The Morgan fingerprint density at radius 2 is 1.95 bits per heavy atom. The van der Waals surface area contributed by atoms with Crippen molar-refractivity contribution in [2.24, 2.45) is 0 Å². The van der Waals surface area contributed by atoms with Gasteiger partial charge in [0.25, 0.3) is 9.84 Å². The van der Waals surface area contributed by atoms with Crippen molar-refractivity contribution in [3.8, 4) is 0 Å². The Morgan fingerprint density at radius 3 is 2.42 bits per heavy atom. The predicted octanol–water partition coefficient (Wildman–Crippen LogP) is 1.91. The number of rotatable bonds is 4. The maximum Gasteiger partial charge on any atom is 0.501 e. The van der Waals surface area contributed by atoms with Crippen LogP contribution in [0, 0.1) is 5.82 Å². The molecular weight excluding hydrogens is 290 g/mol. The summed E-state index contributed by atoms with van der Waals surface area (Å²) in [6.07, 6.45) is -0.911. The zero-order chi connectivity index (χ0) is 14.8. The molecule has 1 aromatic rings. The van der Waals surface area contributed by atoms with Gasteiger partial charge >= 0.3 is 5.51 Å². The number of sulfone groups is 1. The van der Waals surface area contributed by atoms with E-state index in [1.807, 2.05) is 0 Å². The number of aliphatic hydroxyl groups is 1. The van der Waals surface area contributed by atoms with E-state index >= 15 is 0 Å².